The van der Waals surface area contributed by atoms with Gasteiger partial charge < -0.3 is 9.73 Å². The molecule has 0 fully saturated rings. The Kier molecular flexibility index (Phi) is 4.10. The summed E-state index contributed by atoms with van der Waals surface area (Å²) in [5, 5.41) is 4.05. The van der Waals surface area contributed by atoms with Gasteiger partial charge in [-0.2, -0.15) is 0 Å². The van der Waals surface area contributed by atoms with Crippen LogP contribution in [-0.2, 0) is 6.54 Å². The van der Waals surface area contributed by atoms with Crippen LogP contribution in [0.5, 0.6) is 0 Å². The van der Waals surface area contributed by atoms with Crippen molar-refractivity contribution in [2.45, 2.75) is 33.4 Å². The van der Waals surface area contributed by atoms with Gasteiger partial charge in [-0.15, -0.1) is 0 Å². The molecule has 0 spiro atoms. The zero-order valence-electron chi connectivity index (χ0n) is 11.0. The molecule has 0 unspecified atom stereocenters. The summed E-state index contributed by atoms with van der Waals surface area (Å²) in [6.07, 6.45) is 0. The molecule has 1 aromatic carbocycles. The molecule has 3 heteroatoms. The van der Waals surface area contributed by atoms with Crippen LogP contribution in [0.2, 0.25) is 5.02 Å². The highest BCUT2D eigenvalue weighted by Gasteiger charge is 2.08. The summed E-state index contributed by atoms with van der Waals surface area (Å²) in [4.78, 5) is 0. The normalized spacial score (nSPS) is 11.2. The molecular formula is C15H18ClNO. The third-order valence-electron chi connectivity index (χ3n) is 2.74. The first-order chi connectivity index (χ1) is 8.56. The van der Waals surface area contributed by atoms with Gasteiger partial charge >= 0.3 is 0 Å². The molecule has 0 radical (unpaired) electrons. The topological polar surface area (TPSA) is 25.2 Å². The molecule has 2 rings (SSSR count). The number of hydrogen-bond acceptors (Lipinski definition) is 2. The van der Waals surface area contributed by atoms with Crippen LogP contribution in [0.1, 0.15) is 25.2 Å². The largest absolute Gasteiger partial charge is 0.460 e. The van der Waals surface area contributed by atoms with E-state index < -0.39 is 0 Å². The van der Waals surface area contributed by atoms with Gasteiger partial charge in [0, 0.05) is 11.6 Å². The molecule has 1 aromatic heterocycles. The maximum atomic E-state index is 6.23. The lowest BCUT2D eigenvalue weighted by molar-refractivity contribution is 0.473. The Hall–Kier alpha value is -1.25. The maximum absolute atomic E-state index is 6.23. The zero-order valence-corrected chi connectivity index (χ0v) is 11.7. The van der Waals surface area contributed by atoms with E-state index in [9.17, 15) is 0 Å². The van der Waals surface area contributed by atoms with Gasteiger partial charge in [0.1, 0.15) is 11.5 Å². The summed E-state index contributed by atoms with van der Waals surface area (Å²) in [5.74, 6) is 1.75. The molecule has 96 valence electrons. The Morgan fingerprint density at radius 1 is 1.22 bits per heavy atom. The zero-order chi connectivity index (χ0) is 13.1. The first kappa shape index (κ1) is 13.2. The van der Waals surface area contributed by atoms with E-state index in [1.165, 1.54) is 0 Å². The van der Waals surface area contributed by atoms with E-state index in [0.29, 0.717) is 6.04 Å². The average molecular weight is 264 g/mol. The molecule has 0 aliphatic heterocycles. The van der Waals surface area contributed by atoms with Gasteiger partial charge in [0.15, 0.2) is 0 Å². The highest BCUT2D eigenvalue weighted by molar-refractivity contribution is 6.33. The van der Waals surface area contributed by atoms with Gasteiger partial charge in [0.25, 0.3) is 0 Å². The number of rotatable bonds is 4. The average Bonchev–Trinajstić information content (AvgIpc) is 2.75. The standard InChI is InChI=1S/C15H18ClNO/c1-10(2)17-9-12-5-7-15(18-12)13-6-4-11(3)8-14(13)16/h4-8,10,17H,9H2,1-3H3. The maximum Gasteiger partial charge on any atom is 0.135 e. The molecule has 0 atom stereocenters. The summed E-state index contributed by atoms with van der Waals surface area (Å²) >= 11 is 6.23. The Bertz CT molecular complexity index is 531. The smallest absolute Gasteiger partial charge is 0.135 e. The number of hydrogen-bond donors (Lipinski definition) is 1. The summed E-state index contributed by atoms with van der Waals surface area (Å²) in [7, 11) is 0. The van der Waals surface area contributed by atoms with Crippen LogP contribution in [0.4, 0.5) is 0 Å². The fourth-order valence-electron chi connectivity index (χ4n) is 1.74. The quantitative estimate of drug-likeness (QED) is 0.884. The molecule has 0 saturated heterocycles. The van der Waals surface area contributed by atoms with Crippen molar-refractivity contribution < 1.29 is 4.42 Å². The minimum atomic E-state index is 0.446. The van der Waals surface area contributed by atoms with Crippen molar-refractivity contribution in [3.63, 3.8) is 0 Å². The molecule has 18 heavy (non-hydrogen) atoms. The van der Waals surface area contributed by atoms with Crippen LogP contribution >= 0.6 is 11.6 Å². The monoisotopic (exact) mass is 263 g/mol. The Labute approximate surface area is 113 Å². The van der Waals surface area contributed by atoms with Crippen molar-refractivity contribution in [2.75, 3.05) is 0 Å². The molecule has 0 amide bonds. The van der Waals surface area contributed by atoms with E-state index in [0.717, 1.165) is 34.2 Å². The highest BCUT2D eigenvalue weighted by Crippen LogP contribution is 2.30. The molecule has 1 N–H and O–H groups in total. The van der Waals surface area contributed by atoms with Crippen molar-refractivity contribution in [1.29, 1.82) is 0 Å². The van der Waals surface area contributed by atoms with Gasteiger partial charge in [-0.1, -0.05) is 31.5 Å². The van der Waals surface area contributed by atoms with Crippen LogP contribution < -0.4 is 5.32 Å². The number of furan rings is 1. The van der Waals surface area contributed by atoms with Crippen molar-refractivity contribution in [1.82, 2.24) is 5.32 Å². The lowest BCUT2D eigenvalue weighted by Gasteiger charge is -2.05. The predicted molar refractivity (Wildman–Crippen MR) is 75.9 cm³/mol. The van der Waals surface area contributed by atoms with Crippen molar-refractivity contribution in [3.8, 4) is 11.3 Å². The Balaban J connectivity index is 2.18. The summed E-state index contributed by atoms with van der Waals surface area (Å²) in [5.41, 5.74) is 2.09. The molecule has 0 aliphatic rings. The van der Waals surface area contributed by atoms with Crippen LogP contribution in [0.15, 0.2) is 34.7 Å². The van der Waals surface area contributed by atoms with E-state index >= 15 is 0 Å². The van der Waals surface area contributed by atoms with Crippen molar-refractivity contribution in [2.24, 2.45) is 0 Å². The van der Waals surface area contributed by atoms with Crippen LogP contribution in [0.25, 0.3) is 11.3 Å². The van der Waals surface area contributed by atoms with E-state index in [-0.39, 0.29) is 0 Å². The van der Waals surface area contributed by atoms with Gasteiger partial charge in [-0.25, -0.2) is 0 Å². The molecule has 1 heterocycles. The fourth-order valence-corrected chi connectivity index (χ4v) is 2.07. The van der Waals surface area contributed by atoms with Crippen molar-refractivity contribution in [3.05, 3.63) is 46.7 Å². The summed E-state index contributed by atoms with van der Waals surface area (Å²) < 4.78 is 5.79. The Morgan fingerprint density at radius 3 is 2.67 bits per heavy atom. The van der Waals surface area contributed by atoms with E-state index in [2.05, 4.69) is 19.2 Å². The van der Waals surface area contributed by atoms with Gasteiger partial charge in [0.2, 0.25) is 0 Å². The molecule has 2 aromatic rings. The Morgan fingerprint density at radius 2 is 2.00 bits per heavy atom. The number of benzene rings is 1. The SMILES string of the molecule is Cc1ccc(-c2ccc(CNC(C)C)o2)c(Cl)c1. The second-order valence-electron chi connectivity index (χ2n) is 4.78. The van der Waals surface area contributed by atoms with Gasteiger partial charge in [-0.05, 0) is 36.8 Å². The molecule has 0 aliphatic carbocycles. The van der Waals surface area contributed by atoms with E-state index in [1.807, 2.05) is 37.3 Å². The number of nitrogens with one attached hydrogen (secondary N) is 1. The minimum absolute atomic E-state index is 0.446. The second kappa shape index (κ2) is 5.59. The van der Waals surface area contributed by atoms with Gasteiger partial charge in [-0.3, -0.25) is 0 Å². The van der Waals surface area contributed by atoms with E-state index in [4.69, 9.17) is 16.0 Å². The molecule has 2 nitrogen and oxygen atoms in total. The molecule has 0 bridgehead atoms. The summed E-state index contributed by atoms with van der Waals surface area (Å²) in [6, 6.07) is 10.4. The van der Waals surface area contributed by atoms with Crippen LogP contribution in [0, 0.1) is 6.92 Å². The highest BCUT2D eigenvalue weighted by atomic mass is 35.5. The van der Waals surface area contributed by atoms with E-state index in [1.54, 1.807) is 0 Å². The fraction of sp³-hybridized carbons (Fsp3) is 0.333. The number of halogens is 1. The summed E-state index contributed by atoms with van der Waals surface area (Å²) in [6.45, 7) is 6.98. The van der Waals surface area contributed by atoms with Crippen LogP contribution in [0.3, 0.4) is 0 Å². The third kappa shape index (κ3) is 3.15. The first-order valence-corrected chi connectivity index (χ1v) is 6.52. The predicted octanol–water partition coefficient (Wildman–Crippen LogP) is 4.41. The second-order valence-corrected chi connectivity index (χ2v) is 5.19. The van der Waals surface area contributed by atoms with Crippen LogP contribution in [-0.4, -0.2) is 6.04 Å². The lowest BCUT2D eigenvalue weighted by atomic mass is 10.1. The molecular weight excluding hydrogens is 246 g/mol. The number of aryl methyl sites for hydroxylation is 1. The van der Waals surface area contributed by atoms with Gasteiger partial charge in [0.05, 0.1) is 11.6 Å². The lowest BCUT2D eigenvalue weighted by Crippen LogP contribution is -2.21. The first-order valence-electron chi connectivity index (χ1n) is 6.15. The molecule has 0 saturated carbocycles. The third-order valence-corrected chi connectivity index (χ3v) is 3.05. The minimum Gasteiger partial charge on any atom is -0.460 e. The van der Waals surface area contributed by atoms with Crippen molar-refractivity contribution >= 4 is 11.6 Å².